The zero-order chi connectivity index (χ0) is 13.1. The lowest BCUT2D eigenvalue weighted by Gasteiger charge is -1.97. The van der Waals surface area contributed by atoms with Gasteiger partial charge in [0.2, 0.25) is 0 Å². The number of aliphatic carboxylic acids is 2. The minimum absolute atomic E-state index is 0.0185. The molecule has 0 aromatic heterocycles. The molecule has 4 nitrogen and oxygen atoms in total. The van der Waals surface area contributed by atoms with Gasteiger partial charge in [0.25, 0.3) is 0 Å². The maximum Gasteiger partial charge on any atom is 0.306 e. The maximum absolute atomic E-state index is 10.2. The first-order valence-electron chi connectivity index (χ1n) is 6.52. The van der Waals surface area contributed by atoms with Crippen molar-refractivity contribution in [2.45, 2.75) is 64.7 Å². The van der Waals surface area contributed by atoms with Crippen molar-refractivity contribution in [1.29, 1.82) is 0 Å². The standard InChI is InChI=1S/C7H14O2.C6H10O2/c1-2-3-4-5-6-7(8)9;7-6(8)5-3-1-2-4-5/h2-6H2,1H3,(H,8,9);5H,1-4H2,(H,7,8). The van der Waals surface area contributed by atoms with Crippen LogP contribution in [0.5, 0.6) is 0 Å². The number of unbranched alkanes of at least 4 members (excludes halogenated alkanes) is 3. The Hall–Kier alpha value is -1.06. The summed E-state index contributed by atoms with van der Waals surface area (Å²) in [5, 5.41) is 16.6. The van der Waals surface area contributed by atoms with E-state index in [1.807, 2.05) is 0 Å². The average Bonchev–Trinajstić information content (AvgIpc) is 2.78. The van der Waals surface area contributed by atoms with Crippen molar-refractivity contribution in [3.05, 3.63) is 0 Å². The Kier molecular flexibility index (Phi) is 9.49. The molecule has 1 aliphatic rings. The Bertz CT molecular complexity index is 219. The highest BCUT2D eigenvalue weighted by Crippen LogP contribution is 2.24. The molecule has 2 N–H and O–H groups in total. The molecule has 100 valence electrons. The lowest BCUT2D eigenvalue weighted by Crippen LogP contribution is -2.07. The van der Waals surface area contributed by atoms with Crippen LogP contribution in [0.4, 0.5) is 0 Å². The highest BCUT2D eigenvalue weighted by atomic mass is 16.4. The fraction of sp³-hybridized carbons (Fsp3) is 0.846. The lowest BCUT2D eigenvalue weighted by molar-refractivity contribution is -0.141. The van der Waals surface area contributed by atoms with E-state index in [1.165, 1.54) is 6.42 Å². The molecule has 0 heterocycles. The second-order valence-corrected chi connectivity index (χ2v) is 4.52. The van der Waals surface area contributed by atoms with Crippen LogP contribution in [0.1, 0.15) is 64.7 Å². The number of hydrogen-bond acceptors (Lipinski definition) is 2. The summed E-state index contributed by atoms with van der Waals surface area (Å²) in [6.45, 7) is 2.11. The van der Waals surface area contributed by atoms with Gasteiger partial charge < -0.3 is 10.2 Å². The van der Waals surface area contributed by atoms with Gasteiger partial charge in [-0.15, -0.1) is 0 Å². The van der Waals surface area contributed by atoms with E-state index in [0.717, 1.165) is 44.9 Å². The molecule has 1 fully saturated rings. The summed E-state index contributed by atoms with van der Waals surface area (Å²) in [7, 11) is 0. The summed E-state index contributed by atoms with van der Waals surface area (Å²) in [5.41, 5.74) is 0. The molecule has 1 aliphatic carbocycles. The topological polar surface area (TPSA) is 74.6 Å². The van der Waals surface area contributed by atoms with Crippen molar-refractivity contribution in [1.82, 2.24) is 0 Å². The van der Waals surface area contributed by atoms with Crippen molar-refractivity contribution in [3.63, 3.8) is 0 Å². The molecule has 0 spiro atoms. The Morgan fingerprint density at radius 3 is 2.00 bits per heavy atom. The third-order valence-corrected chi connectivity index (χ3v) is 2.95. The van der Waals surface area contributed by atoms with Gasteiger partial charge in [0.1, 0.15) is 0 Å². The largest absolute Gasteiger partial charge is 0.481 e. The zero-order valence-electron chi connectivity index (χ0n) is 10.7. The lowest BCUT2D eigenvalue weighted by atomic mass is 10.1. The summed E-state index contributed by atoms with van der Waals surface area (Å²) in [6.07, 6.45) is 8.57. The van der Waals surface area contributed by atoms with Gasteiger partial charge in [-0.1, -0.05) is 39.0 Å². The fourth-order valence-electron chi connectivity index (χ4n) is 1.88. The van der Waals surface area contributed by atoms with E-state index in [4.69, 9.17) is 10.2 Å². The van der Waals surface area contributed by atoms with Crippen LogP contribution in [0, 0.1) is 5.92 Å². The van der Waals surface area contributed by atoms with Crippen LogP contribution in [-0.2, 0) is 9.59 Å². The van der Waals surface area contributed by atoms with Crippen LogP contribution >= 0.6 is 0 Å². The molecule has 0 bridgehead atoms. The first-order valence-corrected chi connectivity index (χ1v) is 6.52. The minimum Gasteiger partial charge on any atom is -0.481 e. The molecule has 0 saturated heterocycles. The summed E-state index contributed by atoms with van der Waals surface area (Å²) in [5.74, 6) is -1.30. The molecule has 0 radical (unpaired) electrons. The minimum atomic E-state index is -0.675. The maximum atomic E-state index is 10.2. The fourth-order valence-corrected chi connectivity index (χ4v) is 1.88. The van der Waals surface area contributed by atoms with Crippen LogP contribution < -0.4 is 0 Å². The van der Waals surface area contributed by atoms with Crippen molar-refractivity contribution >= 4 is 11.9 Å². The molecule has 17 heavy (non-hydrogen) atoms. The third kappa shape index (κ3) is 9.85. The molecule has 1 rings (SSSR count). The number of carboxylic acids is 2. The van der Waals surface area contributed by atoms with E-state index < -0.39 is 11.9 Å². The normalized spacial score (nSPS) is 15.1. The van der Waals surface area contributed by atoms with Gasteiger partial charge in [0, 0.05) is 6.42 Å². The molecule has 4 heteroatoms. The molecule has 0 unspecified atom stereocenters. The second-order valence-electron chi connectivity index (χ2n) is 4.52. The molecule has 0 aromatic rings. The van der Waals surface area contributed by atoms with Crippen molar-refractivity contribution in [2.24, 2.45) is 5.92 Å². The Morgan fingerprint density at radius 1 is 1.06 bits per heavy atom. The number of carboxylic acid groups (broad SMARTS) is 2. The van der Waals surface area contributed by atoms with Crippen molar-refractivity contribution in [2.75, 3.05) is 0 Å². The summed E-state index contributed by atoms with van der Waals surface area (Å²) in [4.78, 5) is 20.2. The Morgan fingerprint density at radius 2 is 1.65 bits per heavy atom. The second kappa shape index (κ2) is 10.1. The van der Waals surface area contributed by atoms with Gasteiger partial charge in [-0.2, -0.15) is 0 Å². The summed E-state index contributed by atoms with van der Waals surface area (Å²) >= 11 is 0. The van der Waals surface area contributed by atoms with Gasteiger partial charge in [-0.3, -0.25) is 9.59 Å². The predicted molar refractivity (Wildman–Crippen MR) is 66.0 cm³/mol. The number of carbonyl (C=O) groups is 2. The van der Waals surface area contributed by atoms with Crippen molar-refractivity contribution in [3.8, 4) is 0 Å². The number of hydrogen-bond donors (Lipinski definition) is 2. The number of rotatable bonds is 6. The van der Waals surface area contributed by atoms with Crippen LogP contribution in [0.3, 0.4) is 0 Å². The highest BCUT2D eigenvalue weighted by Gasteiger charge is 2.20. The van der Waals surface area contributed by atoms with Crippen LogP contribution in [-0.4, -0.2) is 22.2 Å². The quantitative estimate of drug-likeness (QED) is 0.703. The monoisotopic (exact) mass is 244 g/mol. The summed E-state index contributed by atoms with van der Waals surface area (Å²) in [6, 6.07) is 0. The van der Waals surface area contributed by atoms with E-state index in [2.05, 4.69) is 6.92 Å². The van der Waals surface area contributed by atoms with Gasteiger partial charge in [-0.25, -0.2) is 0 Å². The molecular weight excluding hydrogens is 220 g/mol. The molecule has 0 atom stereocenters. The van der Waals surface area contributed by atoms with E-state index in [1.54, 1.807) is 0 Å². The Labute approximate surface area is 103 Å². The van der Waals surface area contributed by atoms with E-state index >= 15 is 0 Å². The highest BCUT2D eigenvalue weighted by molar-refractivity contribution is 5.70. The zero-order valence-corrected chi connectivity index (χ0v) is 10.7. The van der Waals surface area contributed by atoms with Gasteiger partial charge >= 0.3 is 11.9 Å². The van der Waals surface area contributed by atoms with E-state index in [-0.39, 0.29) is 5.92 Å². The molecular formula is C13H24O4. The first kappa shape index (κ1) is 15.9. The van der Waals surface area contributed by atoms with Crippen LogP contribution in [0.2, 0.25) is 0 Å². The van der Waals surface area contributed by atoms with Crippen molar-refractivity contribution < 1.29 is 19.8 Å². The SMILES string of the molecule is CCCCCCC(=O)O.O=C(O)C1CCCC1. The van der Waals surface area contributed by atoms with Gasteiger partial charge in [0.05, 0.1) is 5.92 Å². The van der Waals surface area contributed by atoms with Gasteiger partial charge in [-0.05, 0) is 19.3 Å². The molecule has 1 saturated carbocycles. The molecule has 0 aromatic carbocycles. The Balaban J connectivity index is 0.000000302. The van der Waals surface area contributed by atoms with Crippen LogP contribution in [0.15, 0.2) is 0 Å². The van der Waals surface area contributed by atoms with E-state index in [9.17, 15) is 9.59 Å². The smallest absolute Gasteiger partial charge is 0.306 e. The average molecular weight is 244 g/mol. The summed E-state index contributed by atoms with van der Waals surface area (Å²) < 4.78 is 0. The van der Waals surface area contributed by atoms with E-state index in [0.29, 0.717) is 6.42 Å². The predicted octanol–water partition coefficient (Wildman–Crippen LogP) is 3.30. The third-order valence-electron chi connectivity index (χ3n) is 2.95. The van der Waals surface area contributed by atoms with Gasteiger partial charge in [0.15, 0.2) is 0 Å². The van der Waals surface area contributed by atoms with Crippen LogP contribution in [0.25, 0.3) is 0 Å². The first-order chi connectivity index (χ1) is 8.07. The molecule has 0 aliphatic heterocycles. The molecule has 0 amide bonds.